The van der Waals surface area contributed by atoms with E-state index < -0.39 is 11.9 Å². The monoisotopic (exact) mass is 438 g/mol. The summed E-state index contributed by atoms with van der Waals surface area (Å²) in [7, 11) is 0. The number of rotatable bonds is 9. The van der Waals surface area contributed by atoms with Crippen molar-refractivity contribution < 1.29 is 24.2 Å². The SMILES string of the molecule is C=Cc1c(OCCCC)cc(C)c(C(=O)Oc2c(C)c(C)c(C(=O)O)c(C)c2CC)c1C. The van der Waals surface area contributed by atoms with Crippen molar-refractivity contribution in [2.45, 2.75) is 67.7 Å². The van der Waals surface area contributed by atoms with E-state index in [9.17, 15) is 14.7 Å². The number of carboxylic acid groups (broad SMARTS) is 1. The molecule has 0 amide bonds. The average molecular weight is 439 g/mol. The second kappa shape index (κ2) is 10.5. The lowest BCUT2D eigenvalue weighted by Crippen LogP contribution is -2.17. The molecular weight excluding hydrogens is 404 g/mol. The maximum atomic E-state index is 13.3. The molecule has 2 aromatic carbocycles. The number of carbonyl (C=O) groups is 2. The van der Waals surface area contributed by atoms with E-state index in [0.29, 0.717) is 46.8 Å². The van der Waals surface area contributed by atoms with Crippen LogP contribution in [0.5, 0.6) is 11.5 Å². The average Bonchev–Trinajstić information content (AvgIpc) is 2.72. The highest BCUT2D eigenvalue weighted by atomic mass is 16.5. The fourth-order valence-corrected chi connectivity index (χ4v) is 4.19. The highest BCUT2D eigenvalue weighted by Gasteiger charge is 2.25. The molecule has 0 aliphatic carbocycles. The molecule has 0 saturated carbocycles. The number of hydrogen-bond acceptors (Lipinski definition) is 4. The molecule has 172 valence electrons. The maximum absolute atomic E-state index is 13.3. The van der Waals surface area contributed by atoms with Crippen LogP contribution in [0.4, 0.5) is 0 Å². The van der Waals surface area contributed by atoms with E-state index in [2.05, 4.69) is 13.5 Å². The van der Waals surface area contributed by atoms with Crippen molar-refractivity contribution in [2.24, 2.45) is 0 Å². The minimum absolute atomic E-state index is 0.272. The molecule has 0 aliphatic heterocycles. The van der Waals surface area contributed by atoms with E-state index in [0.717, 1.165) is 35.1 Å². The summed E-state index contributed by atoms with van der Waals surface area (Å²) in [6.45, 7) is 17.6. The van der Waals surface area contributed by atoms with E-state index in [1.165, 1.54) is 0 Å². The van der Waals surface area contributed by atoms with Crippen LogP contribution in [0.2, 0.25) is 0 Å². The largest absolute Gasteiger partial charge is 0.493 e. The molecule has 0 unspecified atom stereocenters. The third-order valence-electron chi connectivity index (χ3n) is 6.09. The van der Waals surface area contributed by atoms with Crippen molar-refractivity contribution >= 4 is 18.0 Å². The minimum Gasteiger partial charge on any atom is -0.493 e. The Labute approximate surface area is 191 Å². The highest BCUT2D eigenvalue weighted by Crippen LogP contribution is 2.36. The van der Waals surface area contributed by atoms with Crippen molar-refractivity contribution in [1.29, 1.82) is 0 Å². The van der Waals surface area contributed by atoms with Gasteiger partial charge in [-0.2, -0.15) is 0 Å². The van der Waals surface area contributed by atoms with Crippen molar-refractivity contribution in [3.05, 3.63) is 62.7 Å². The molecule has 0 radical (unpaired) electrons. The number of benzene rings is 2. The van der Waals surface area contributed by atoms with Gasteiger partial charge in [0.2, 0.25) is 0 Å². The Morgan fingerprint density at radius 1 is 1.00 bits per heavy atom. The third kappa shape index (κ3) is 4.72. The Bertz CT molecular complexity index is 1060. The lowest BCUT2D eigenvalue weighted by atomic mass is 9.91. The predicted octanol–water partition coefficient (Wildman–Crippen LogP) is 6.53. The van der Waals surface area contributed by atoms with Gasteiger partial charge in [-0.3, -0.25) is 0 Å². The lowest BCUT2D eigenvalue weighted by molar-refractivity contribution is 0.0694. The molecule has 0 saturated heterocycles. The van der Waals surface area contributed by atoms with Gasteiger partial charge in [0.1, 0.15) is 11.5 Å². The standard InChI is InChI=1S/C27H34O5/c1-9-12-13-31-22-14-15(4)23(18(7)20(22)10-2)27(30)32-25-17(6)16(5)24(26(28)29)19(8)21(25)11-3/h10,14H,2,9,11-13H2,1,3-8H3,(H,28,29). The number of carbonyl (C=O) groups excluding carboxylic acids is 1. The van der Waals surface area contributed by atoms with Crippen LogP contribution in [0.3, 0.4) is 0 Å². The Morgan fingerprint density at radius 3 is 2.19 bits per heavy atom. The summed E-state index contributed by atoms with van der Waals surface area (Å²) in [5, 5.41) is 9.65. The van der Waals surface area contributed by atoms with Crippen LogP contribution in [0.25, 0.3) is 6.08 Å². The summed E-state index contributed by atoms with van der Waals surface area (Å²) < 4.78 is 11.9. The molecule has 1 N–H and O–H groups in total. The van der Waals surface area contributed by atoms with E-state index in [-0.39, 0.29) is 5.56 Å². The van der Waals surface area contributed by atoms with E-state index in [4.69, 9.17) is 9.47 Å². The first-order valence-corrected chi connectivity index (χ1v) is 11.1. The van der Waals surface area contributed by atoms with Crippen LogP contribution in [0.15, 0.2) is 12.6 Å². The van der Waals surface area contributed by atoms with Crippen molar-refractivity contribution in [2.75, 3.05) is 6.61 Å². The first kappa shape index (κ1) is 25.2. The van der Waals surface area contributed by atoms with Crippen LogP contribution < -0.4 is 9.47 Å². The van der Waals surface area contributed by atoms with Gasteiger partial charge in [0.25, 0.3) is 0 Å². The minimum atomic E-state index is -0.975. The molecular formula is C27H34O5. The van der Waals surface area contributed by atoms with Crippen LogP contribution in [0.1, 0.15) is 86.3 Å². The van der Waals surface area contributed by atoms with Crippen molar-refractivity contribution in [3.8, 4) is 11.5 Å². The van der Waals surface area contributed by atoms with Crippen LogP contribution in [0, 0.1) is 34.6 Å². The fraction of sp³-hybridized carbons (Fsp3) is 0.407. The number of esters is 1. The summed E-state index contributed by atoms with van der Waals surface area (Å²) in [5.74, 6) is -0.290. The van der Waals surface area contributed by atoms with Gasteiger partial charge < -0.3 is 14.6 Å². The summed E-state index contributed by atoms with van der Waals surface area (Å²) in [4.78, 5) is 25.1. The second-order valence-corrected chi connectivity index (χ2v) is 8.12. The Hall–Kier alpha value is -3.08. The molecule has 32 heavy (non-hydrogen) atoms. The molecule has 0 aromatic heterocycles. The zero-order valence-corrected chi connectivity index (χ0v) is 20.3. The van der Waals surface area contributed by atoms with Crippen LogP contribution >= 0.6 is 0 Å². The molecule has 2 aromatic rings. The van der Waals surface area contributed by atoms with E-state index >= 15 is 0 Å². The summed E-state index contributed by atoms with van der Waals surface area (Å²) in [6, 6.07) is 1.86. The molecule has 0 heterocycles. The first-order chi connectivity index (χ1) is 15.1. The molecule has 5 heteroatoms. The van der Waals surface area contributed by atoms with Crippen molar-refractivity contribution in [3.63, 3.8) is 0 Å². The molecule has 2 rings (SSSR count). The zero-order valence-electron chi connectivity index (χ0n) is 20.3. The van der Waals surface area contributed by atoms with Gasteiger partial charge >= 0.3 is 11.9 Å². The summed E-state index contributed by atoms with van der Waals surface area (Å²) >= 11 is 0. The van der Waals surface area contributed by atoms with Gasteiger partial charge in [-0.15, -0.1) is 0 Å². The first-order valence-electron chi connectivity index (χ1n) is 11.1. The van der Waals surface area contributed by atoms with Gasteiger partial charge in [-0.25, -0.2) is 9.59 Å². The van der Waals surface area contributed by atoms with E-state index in [1.54, 1.807) is 26.8 Å². The zero-order chi connectivity index (χ0) is 24.2. The van der Waals surface area contributed by atoms with Crippen LogP contribution in [-0.2, 0) is 6.42 Å². The number of unbranched alkanes of at least 4 members (excludes halogenated alkanes) is 1. The molecule has 0 spiro atoms. The van der Waals surface area contributed by atoms with Gasteiger partial charge in [0.05, 0.1) is 17.7 Å². The molecule has 0 bridgehead atoms. The Kier molecular flexibility index (Phi) is 8.25. The smallest absolute Gasteiger partial charge is 0.344 e. The van der Waals surface area contributed by atoms with Gasteiger partial charge in [-0.05, 0) is 86.9 Å². The number of aryl methyl sites for hydroxylation is 1. The fourth-order valence-electron chi connectivity index (χ4n) is 4.19. The Morgan fingerprint density at radius 2 is 1.66 bits per heavy atom. The van der Waals surface area contributed by atoms with Gasteiger partial charge in [-0.1, -0.05) is 32.9 Å². The van der Waals surface area contributed by atoms with Crippen molar-refractivity contribution in [1.82, 2.24) is 0 Å². The Balaban J connectivity index is 2.56. The topological polar surface area (TPSA) is 72.8 Å². The number of carboxylic acids is 1. The predicted molar refractivity (Wildman–Crippen MR) is 128 cm³/mol. The number of hydrogen-bond donors (Lipinski definition) is 1. The van der Waals surface area contributed by atoms with Gasteiger partial charge in [0, 0.05) is 5.56 Å². The summed E-state index contributed by atoms with van der Waals surface area (Å²) in [6.07, 6.45) is 4.23. The molecule has 5 nitrogen and oxygen atoms in total. The third-order valence-corrected chi connectivity index (χ3v) is 6.09. The number of aromatic carboxylic acids is 1. The normalized spacial score (nSPS) is 10.7. The molecule has 0 aliphatic rings. The number of ether oxygens (including phenoxy) is 2. The van der Waals surface area contributed by atoms with Gasteiger partial charge in [0.15, 0.2) is 0 Å². The quantitative estimate of drug-likeness (QED) is 0.274. The summed E-state index contributed by atoms with van der Waals surface area (Å²) in [5.41, 5.74) is 5.67. The van der Waals surface area contributed by atoms with E-state index in [1.807, 2.05) is 26.8 Å². The maximum Gasteiger partial charge on any atom is 0.344 e. The molecule has 0 atom stereocenters. The van der Waals surface area contributed by atoms with Crippen LogP contribution in [-0.4, -0.2) is 23.7 Å². The molecule has 0 fully saturated rings. The second-order valence-electron chi connectivity index (χ2n) is 8.12. The highest BCUT2D eigenvalue weighted by molar-refractivity contribution is 5.97. The lowest BCUT2D eigenvalue weighted by Gasteiger charge is -2.21.